The van der Waals surface area contributed by atoms with E-state index in [0.717, 1.165) is 52.2 Å². The number of carbonyl (C=O) groups is 1. The van der Waals surface area contributed by atoms with Crippen LogP contribution in [0.3, 0.4) is 0 Å². The number of amides is 1. The SMILES string of the molecule is CC1CN(C2CCN(C(=O)[C@H]3NCCO[C@@H]3C)CC2)CCO1.Cl.Cl. The van der Waals surface area contributed by atoms with E-state index < -0.39 is 0 Å². The van der Waals surface area contributed by atoms with E-state index >= 15 is 0 Å². The Hall–Kier alpha value is -0.110. The topological polar surface area (TPSA) is 54.0 Å². The second-order valence-corrected chi connectivity index (χ2v) is 6.74. The Kier molecular flexibility index (Phi) is 9.27. The van der Waals surface area contributed by atoms with E-state index in [2.05, 4.69) is 17.1 Å². The van der Waals surface area contributed by atoms with Gasteiger partial charge in [-0.2, -0.15) is 0 Å². The third-order valence-electron chi connectivity index (χ3n) is 5.15. The van der Waals surface area contributed by atoms with Crippen molar-refractivity contribution in [3.05, 3.63) is 0 Å². The van der Waals surface area contributed by atoms with Crippen molar-refractivity contribution in [2.75, 3.05) is 45.9 Å². The van der Waals surface area contributed by atoms with Gasteiger partial charge in [-0.05, 0) is 26.7 Å². The average Bonchev–Trinajstić information content (AvgIpc) is 2.55. The molecule has 0 saturated carbocycles. The zero-order valence-corrected chi connectivity index (χ0v) is 16.2. The third-order valence-corrected chi connectivity index (χ3v) is 5.15. The first-order valence-electron chi connectivity index (χ1n) is 8.64. The summed E-state index contributed by atoms with van der Waals surface area (Å²) in [5.74, 6) is 0.209. The summed E-state index contributed by atoms with van der Waals surface area (Å²) < 4.78 is 11.2. The van der Waals surface area contributed by atoms with E-state index in [9.17, 15) is 4.79 Å². The molecule has 3 rings (SSSR count). The second-order valence-electron chi connectivity index (χ2n) is 6.74. The highest BCUT2D eigenvalue weighted by molar-refractivity contribution is 5.85. The smallest absolute Gasteiger partial charge is 0.242 e. The summed E-state index contributed by atoms with van der Waals surface area (Å²) in [5.41, 5.74) is 0. The van der Waals surface area contributed by atoms with Gasteiger partial charge in [0.05, 0.1) is 25.4 Å². The molecular weight excluding hydrogens is 353 g/mol. The van der Waals surface area contributed by atoms with Crippen molar-refractivity contribution < 1.29 is 14.3 Å². The first kappa shape index (κ1) is 21.9. The predicted molar refractivity (Wildman–Crippen MR) is 98.3 cm³/mol. The van der Waals surface area contributed by atoms with Gasteiger partial charge in [-0.25, -0.2) is 0 Å². The van der Waals surface area contributed by atoms with Crippen molar-refractivity contribution in [1.82, 2.24) is 15.1 Å². The number of piperidine rings is 1. The van der Waals surface area contributed by atoms with Gasteiger partial charge in [0.2, 0.25) is 5.91 Å². The number of ether oxygens (including phenoxy) is 2. The van der Waals surface area contributed by atoms with Crippen LogP contribution in [0.1, 0.15) is 26.7 Å². The Labute approximate surface area is 157 Å². The molecule has 1 amide bonds. The summed E-state index contributed by atoms with van der Waals surface area (Å²) in [6, 6.07) is 0.428. The van der Waals surface area contributed by atoms with E-state index in [0.29, 0.717) is 18.8 Å². The summed E-state index contributed by atoms with van der Waals surface area (Å²) in [5, 5.41) is 3.30. The van der Waals surface area contributed by atoms with Crippen LogP contribution in [0.15, 0.2) is 0 Å². The van der Waals surface area contributed by atoms with Crippen LogP contribution in [-0.4, -0.2) is 85.9 Å². The standard InChI is InChI=1S/C16H29N3O3.2ClH/c1-12-11-19(8-10-21-12)14-3-6-18(7-4-14)16(20)15-13(2)22-9-5-17-15;;/h12-15,17H,3-11H2,1-2H3;2*1H/t12?,13-,15+;;/m1../s1. The number of morpholine rings is 2. The fourth-order valence-corrected chi connectivity index (χ4v) is 3.83. The summed E-state index contributed by atoms with van der Waals surface area (Å²) >= 11 is 0. The Balaban J connectivity index is 0.00000144. The number of hydrogen-bond acceptors (Lipinski definition) is 5. The molecule has 6 nitrogen and oxygen atoms in total. The van der Waals surface area contributed by atoms with Gasteiger partial charge in [0.15, 0.2) is 0 Å². The molecule has 142 valence electrons. The lowest BCUT2D eigenvalue weighted by molar-refractivity contribution is -0.141. The van der Waals surface area contributed by atoms with Crippen molar-refractivity contribution >= 4 is 30.7 Å². The van der Waals surface area contributed by atoms with E-state index in [-0.39, 0.29) is 42.9 Å². The maximum absolute atomic E-state index is 12.6. The van der Waals surface area contributed by atoms with Crippen LogP contribution in [0.2, 0.25) is 0 Å². The lowest BCUT2D eigenvalue weighted by Crippen LogP contribution is -2.59. The first-order chi connectivity index (χ1) is 10.6. The molecule has 0 aromatic rings. The number of rotatable bonds is 2. The normalized spacial score (nSPS) is 32.6. The molecule has 0 aromatic carbocycles. The molecule has 1 N–H and O–H groups in total. The summed E-state index contributed by atoms with van der Waals surface area (Å²) in [6.07, 6.45) is 2.44. The predicted octanol–water partition coefficient (Wildman–Crippen LogP) is 0.919. The highest BCUT2D eigenvalue weighted by atomic mass is 35.5. The molecule has 3 aliphatic rings. The molecular formula is C16H31Cl2N3O3. The molecule has 0 aromatic heterocycles. The summed E-state index contributed by atoms with van der Waals surface area (Å²) in [6.45, 7) is 10.2. The van der Waals surface area contributed by atoms with Crippen molar-refractivity contribution in [2.45, 2.75) is 51.0 Å². The molecule has 0 aliphatic carbocycles. The molecule has 1 unspecified atom stereocenters. The van der Waals surface area contributed by atoms with Gasteiger partial charge in [0, 0.05) is 38.8 Å². The van der Waals surface area contributed by atoms with Crippen LogP contribution >= 0.6 is 24.8 Å². The number of nitrogens with one attached hydrogen (secondary N) is 1. The number of carbonyl (C=O) groups excluding carboxylic acids is 1. The maximum atomic E-state index is 12.6. The van der Waals surface area contributed by atoms with E-state index in [1.165, 1.54) is 0 Å². The third kappa shape index (κ3) is 5.19. The van der Waals surface area contributed by atoms with Crippen LogP contribution in [0.4, 0.5) is 0 Å². The van der Waals surface area contributed by atoms with Crippen LogP contribution in [0.25, 0.3) is 0 Å². The van der Waals surface area contributed by atoms with Crippen molar-refractivity contribution in [3.8, 4) is 0 Å². The lowest BCUT2D eigenvalue weighted by atomic mass is 10.0. The first-order valence-corrected chi connectivity index (χ1v) is 8.64. The van der Waals surface area contributed by atoms with Crippen molar-refractivity contribution in [1.29, 1.82) is 0 Å². The van der Waals surface area contributed by atoms with Gasteiger partial charge in [-0.3, -0.25) is 9.69 Å². The zero-order valence-electron chi connectivity index (χ0n) is 14.6. The fraction of sp³-hybridized carbons (Fsp3) is 0.938. The molecule has 3 fully saturated rings. The largest absolute Gasteiger partial charge is 0.376 e. The molecule has 0 bridgehead atoms. The van der Waals surface area contributed by atoms with Crippen molar-refractivity contribution in [3.63, 3.8) is 0 Å². The number of nitrogens with zero attached hydrogens (tertiary/aromatic N) is 2. The Morgan fingerprint density at radius 1 is 1.04 bits per heavy atom. The molecule has 3 saturated heterocycles. The van der Waals surface area contributed by atoms with Gasteiger partial charge < -0.3 is 19.7 Å². The Bertz CT molecular complexity index is 395. The average molecular weight is 384 g/mol. The monoisotopic (exact) mass is 383 g/mol. The van der Waals surface area contributed by atoms with Crippen LogP contribution in [0.5, 0.6) is 0 Å². The van der Waals surface area contributed by atoms with Crippen LogP contribution in [0, 0.1) is 0 Å². The summed E-state index contributed by atoms with van der Waals surface area (Å²) in [4.78, 5) is 17.2. The minimum absolute atomic E-state index is 0. The Morgan fingerprint density at radius 2 is 1.75 bits per heavy atom. The fourth-order valence-electron chi connectivity index (χ4n) is 3.83. The number of hydrogen-bond donors (Lipinski definition) is 1. The Morgan fingerprint density at radius 3 is 2.38 bits per heavy atom. The van der Waals surface area contributed by atoms with Gasteiger partial charge in [-0.15, -0.1) is 24.8 Å². The molecule has 8 heteroatoms. The second kappa shape index (κ2) is 10.1. The van der Waals surface area contributed by atoms with Crippen molar-refractivity contribution in [2.24, 2.45) is 0 Å². The molecule has 3 aliphatic heterocycles. The zero-order chi connectivity index (χ0) is 15.5. The highest BCUT2D eigenvalue weighted by Crippen LogP contribution is 2.20. The summed E-state index contributed by atoms with van der Waals surface area (Å²) in [7, 11) is 0. The number of halogens is 2. The van der Waals surface area contributed by atoms with Gasteiger partial charge in [0.25, 0.3) is 0 Å². The minimum atomic E-state index is -0.172. The minimum Gasteiger partial charge on any atom is -0.376 e. The molecule has 0 radical (unpaired) electrons. The molecule has 3 heterocycles. The number of likely N-dealkylation sites (tertiary alicyclic amines) is 1. The lowest BCUT2D eigenvalue weighted by Gasteiger charge is -2.43. The van der Waals surface area contributed by atoms with Gasteiger partial charge in [0.1, 0.15) is 6.04 Å². The van der Waals surface area contributed by atoms with Crippen LogP contribution in [-0.2, 0) is 14.3 Å². The molecule has 24 heavy (non-hydrogen) atoms. The van der Waals surface area contributed by atoms with E-state index in [1.807, 2.05) is 11.8 Å². The molecule has 0 spiro atoms. The quantitative estimate of drug-likeness (QED) is 0.768. The van der Waals surface area contributed by atoms with Crippen LogP contribution < -0.4 is 5.32 Å². The highest BCUT2D eigenvalue weighted by Gasteiger charge is 2.35. The maximum Gasteiger partial charge on any atom is 0.242 e. The molecule has 3 atom stereocenters. The van der Waals surface area contributed by atoms with Gasteiger partial charge >= 0.3 is 0 Å². The van der Waals surface area contributed by atoms with Gasteiger partial charge in [-0.1, -0.05) is 0 Å². The van der Waals surface area contributed by atoms with E-state index in [1.54, 1.807) is 0 Å². The van der Waals surface area contributed by atoms with E-state index in [4.69, 9.17) is 9.47 Å².